The van der Waals surface area contributed by atoms with Crippen LogP contribution in [0.4, 0.5) is 10.1 Å². The van der Waals surface area contributed by atoms with Crippen molar-refractivity contribution < 1.29 is 22.3 Å². The van der Waals surface area contributed by atoms with E-state index in [0.717, 1.165) is 0 Å². The molecule has 0 aliphatic rings. The Labute approximate surface area is 206 Å². The van der Waals surface area contributed by atoms with Crippen LogP contribution in [-0.4, -0.2) is 30.2 Å². The Bertz CT molecular complexity index is 1500. The highest BCUT2D eigenvalue weighted by Crippen LogP contribution is 2.36. The van der Waals surface area contributed by atoms with Crippen LogP contribution in [0.5, 0.6) is 5.75 Å². The van der Waals surface area contributed by atoms with Gasteiger partial charge in [-0.25, -0.2) is 12.8 Å². The molecule has 0 aliphatic heterocycles. The fourth-order valence-electron chi connectivity index (χ4n) is 3.52. The number of hydrogen-bond acceptors (Lipinski definition) is 5. The summed E-state index contributed by atoms with van der Waals surface area (Å²) in [6.07, 6.45) is 0. The maximum Gasteiger partial charge on any atom is 0.243 e. The lowest BCUT2D eigenvalue weighted by Crippen LogP contribution is -2.47. The van der Waals surface area contributed by atoms with Crippen LogP contribution in [0.2, 0.25) is 5.02 Å². The Kier molecular flexibility index (Phi) is 6.54. The topological polar surface area (TPSA) is 113 Å². The van der Waals surface area contributed by atoms with E-state index >= 15 is 0 Å². The average molecular weight is 517 g/mol. The highest BCUT2D eigenvalue weighted by molar-refractivity contribution is 7.89. The largest absolute Gasteiger partial charge is 0.471 e. The van der Waals surface area contributed by atoms with E-state index in [1.807, 2.05) is 0 Å². The van der Waals surface area contributed by atoms with E-state index in [9.17, 15) is 17.6 Å². The van der Waals surface area contributed by atoms with Crippen LogP contribution in [0.1, 0.15) is 20.8 Å². The van der Waals surface area contributed by atoms with Crippen molar-refractivity contribution in [3.8, 4) is 17.0 Å². The summed E-state index contributed by atoms with van der Waals surface area (Å²) in [4.78, 5) is 11.2. The van der Waals surface area contributed by atoms with Gasteiger partial charge in [0.05, 0.1) is 15.4 Å². The number of nitrogens with zero attached hydrogens (tertiary/aromatic N) is 1. The molecule has 0 fully saturated rings. The molecule has 11 heteroatoms. The molecule has 1 aromatic heterocycles. The minimum Gasteiger partial charge on any atom is -0.471 e. The minimum absolute atomic E-state index is 0.00161. The van der Waals surface area contributed by atoms with Gasteiger partial charge in [0.1, 0.15) is 17.3 Å². The number of aromatic nitrogens is 2. The lowest BCUT2D eigenvalue weighted by atomic mass is 10.1. The number of sulfonamides is 1. The summed E-state index contributed by atoms with van der Waals surface area (Å²) >= 11 is 6.40. The first-order valence-electron chi connectivity index (χ1n) is 10.5. The predicted octanol–water partition coefficient (Wildman–Crippen LogP) is 5.07. The summed E-state index contributed by atoms with van der Waals surface area (Å²) in [5.74, 6) is -0.389. The van der Waals surface area contributed by atoms with Crippen LogP contribution < -0.4 is 14.8 Å². The number of carbonyl (C=O) groups excluding carboxylic acids is 1. The second kappa shape index (κ2) is 9.29. The summed E-state index contributed by atoms with van der Waals surface area (Å²) in [7, 11) is -3.97. The van der Waals surface area contributed by atoms with Gasteiger partial charge in [0.15, 0.2) is 5.72 Å². The second-order valence-electron chi connectivity index (χ2n) is 8.33. The molecule has 0 unspecified atom stereocenters. The third-order valence-corrected chi connectivity index (χ3v) is 6.91. The minimum atomic E-state index is -3.97. The molecule has 3 aromatic carbocycles. The van der Waals surface area contributed by atoms with Crippen LogP contribution in [-0.2, 0) is 14.8 Å². The fraction of sp³-hybridized carbons (Fsp3) is 0.167. The van der Waals surface area contributed by atoms with Crippen molar-refractivity contribution in [1.29, 1.82) is 0 Å². The van der Waals surface area contributed by atoms with E-state index in [0.29, 0.717) is 27.8 Å². The zero-order valence-corrected chi connectivity index (χ0v) is 20.6. The number of ether oxygens (including phenoxy) is 1. The van der Waals surface area contributed by atoms with Crippen LogP contribution in [0.15, 0.2) is 65.6 Å². The maximum atomic E-state index is 13.3. The number of H-pyrrole nitrogens is 1. The molecule has 0 atom stereocenters. The first-order valence-corrected chi connectivity index (χ1v) is 12.3. The first kappa shape index (κ1) is 24.6. The molecule has 0 saturated heterocycles. The van der Waals surface area contributed by atoms with Crippen LogP contribution >= 0.6 is 11.6 Å². The molecular formula is C24H22ClFN4O4S. The number of benzene rings is 3. The number of halogens is 2. The van der Waals surface area contributed by atoms with E-state index in [2.05, 4.69) is 20.2 Å². The van der Waals surface area contributed by atoms with Crippen LogP contribution in [0, 0.1) is 5.82 Å². The number of aromatic amines is 1. The normalized spacial score (nSPS) is 12.0. The third-order valence-electron chi connectivity index (χ3n) is 4.96. The highest BCUT2D eigenvalue weighted by atomic mass is 35.5. The standard InChI is InChI=1S/C24H22ClFN4O4S/c1-14(31)27-17-8-10-18(11-9-17)35(32,33)30-24(2,3)34-22-12-19-21(13-20(22)25)28-29-23(19)15-4-6-16(26)7-5-15/h4-13,30H,1-3H3,(H,27,31)(H,28,29). The number of hydrogen-bond donors (Lipinski definition) is 3. The van der Waals surface area contributed by atoms with Crippen LogP contribution in [0.3, 0.4) is 0 Å². The van der Waals surface area contributed by atoms with E-state index in [1.54, 1.807) is 38.1 Å². The highest BCUT2D eigenvalue weighted by Gasteiger charge is 2.29. The Morgan fingerprint density at radius 2 is 1.74 bits per heavy atom. The van der Waals surface area contributed by atoms with Gasteiger partial charge in [0, 0.05) is 23.6 Å². The van der Waals surface area contributed by atoms with Gasteiger partial charge in [0.25, 0.3) is 0 Å². The lowest BCUT2D eigenvalue weighted by Gasteiger charge is -2.28. The Morgan fingerprint density at radius 3 is 2.37 bits per heavy atom. The molecule has 0 spiro atoms. The van der Waals surface area contributed by atoms with Gasteiger partial charge in [-0.2, -0.15) is 9.82 Å². The summed E-state index contributed by atoms with van der Waals surface area (Å²) in [5, 5.41) is 10.7. The second-order valence-corrected chi connectivity index (χ2v) is 10.4. The average Bonchev–Trinajstić information content (AvgIpc) is 3.16. The van der Waals surface area contributed by atoms with E-state index < -0.39 is 15.7 Å². The van der Waals surface area contributed by atoms with Crippen molar-refractivity contribution in [2.45, 2.75) is 31.4 Å². The SMILES string of the molecule is CC(=O)Nc1ccc(S(=O)(=O)NC(C)(C)Oc2cc3c(-c4ccc(F)cc4)n[nH]c3cc2Cl)cc1. The van der Waals surface area contributed by atoms with E-state index in [1.165, 1.54) is 43.3 Å². The van der Waals surface area contributed by atoms with Gasteiger partial charge in [-0.1, -0.05) is 11.6 Å². The molecule has 4 aromatic rings. The predicted molar refractivity (Wildman–Crippen MR) is 132 cm³/mol. The van der Waals surface area contributed by atoms with Crippen molar-refractivity contribution >= 4 is 44.1 Å². The number of fused-ring (bicyclic) bond motifs is 1. The van der Waals surface area contributed by atoms with Crippen molar-refractivity contribution in [3.05, 3.63) is 71.5 Å². The molecule has 0 radical (unpaired) electrons. The van der Waals surface area contributed by atoms with Crippen molar-refractivity contribution in [2.75, 3.05) is 5.32 Å². The number of carbonyl (C=O) groups is 1. The molecule has 1 amide bonds. The quantitative estimate of drug-likeness (QED) is 0.297. The molecule has 0 aliphatic carbocycles. The fourth-order valence-corrected chi connectivity index (χ4v) is 5.03. The lowest BCUT2D eigenvalue weighted by molar-refractivity contribution is -0.114. The van der Waals surface area contributed by atoms with E-state index in [-0.39, 0.29) is 27.4 Å². The smallest absolute Gasteiger partial charge is 0.243 e. The number of nitrogens with one attached hydrogen (secondary N) is 3. The summed E-state index contributed by atoms with van der Waals surface area (Å²) in [5.41, 5.74) is 0.989. The van der Waals surface area contributed by atoms with Crippen molar-refractivity contribution in [2.24, 2.45) is 0 Å². The van der Waals surface area contributed by atoms with Crippen molar-refractivity contribution in [3.63, 3.8) is 0 Å². The van der Waals surface area contributed by atoms with Gasteiger partial charge < -0.3 is 10.1 Å². The summed E-state index contributed by atoms with van der Waals surface area (Å²) in [6.45, 7) is 4.46. The Morgan fingerprint density at radius 1 is 1.09 bits per heavy atom. The van der Waals surface area contributed by atoms with Gasteiger partial charge in [0.2, 0.25) is 15.9 Å². The molecule has 8 nitrogen and oxygen atoms in total. The molecule has 35 heavy (non-hydrogen) atoms. The summed E-state index contributed by atoms with van der Waals surface area (Å²) < 4.78 is 47.7. The van der Waals surface area contributed by atoms with Crippen LogP contribution in [0.25, 0.3) is 22.2 Å². The van der Waals surface area contributed by atoms with Gasteiger partial charge in [-0.05, 0) is 74.5 Å². The molecule has 1 heterocycles. The Hall–Kier alpha value is -3.47. The zero-order valence-electron chi connectivity index (χ0n) is 19.0. The number of rotatable bonds is 7. The molecule has 4 rings (SSSR count). The number of amides is 1. The zero-order chi connectivity index (χ0) is 25.4. The molecule has 3 N–H and O–H groups in total. The summed E-state index contributed by atoms with van der Waals surface area (Å²) in [6, 6.07) is 14.9. The Balaban J connectivity index is 1.59. The molecule has 0 bridgehead atoms. The number of anilines is 1. The van der Waals surface area contributed by atoms with E-state index in [4.69, 9.17) is 16.3 Å². The maximum absolute atomic E-state index is 13.3. The van der Waals surface area contributed by atoms with Gasteiger partial charge in [-0.15, -0.1) is 0 Å². The monoisotopic (exact) mass is 516 g/mol. The van der Waals surface area contributed by atoms with Gasteiger partial charge >= 0.3 is 0 Å². The van der Waals surface area contributed by atoms with Gasteiger partial charge in [-0.3, -0.25) is 9.89 Å². The third kappa shape index (κ3) is 5.61. The molecular weight excluding hydrogens is 495 g/mol. The molecule has 182 valence electrons. The molecule has 0 saturated carbocycles. The van der Waals surface area contributed by atoms with Crippen molar-refractivity contribution in [1.82, 2.24) is 14.9 Å². The first-order chi connectivity index (χ1) is 16.4.